The fraction of sp³-hybridized carbons (Fsp3) is 0.800. The number of hydrogen-bond donors (Lipinski definition) is 1. The van der Waals surface area contributed by atoms with Crippen LogP contribution in [0.25, 0.3) is 0 Å². The largest absolute Gasteiger partial charge is 0.351 e. The molecule has 6 nitrogen and oxygen atoms in total. The summed E-state index contributed by atoms with van der Waals surface area (Å²) in [4.78, 5) is 24.4. The molecule has 2 aliphatic heterocycles. The van der Waals surface area contributed by atoms with Gasteiger partial charge in [-0.15, -0.1) is 0 Å². The molecular formula is C10H16N2O4S. The fourth-order valence-corrected chi connectivity index (χ4v) is 3.90. The average molecular weight is 260 g/mol. The van der Waals surface area contributed by atoms with E-state index in [0.29, 0.717) is 19.4 Å². The van der Waals surface area contributed by atoms with Crippen molar-refractivity contribution in [2.45, 2.75) is 25.3 Å². The molecule has 2 rings (SSSR count). The minimum atomic E-state index is -2.97. The van der Waals surface area contributed by atoms with Gasteiger partial charge in [-0.25, -0.2) is 8.42 Å². The third-order valence-corrected chi connectivity index (χ3v) is 4.87. The highest BCUT2D eigenvalue weighted by molar-refractivity contribution is 7.91. The van der Waals surface area contributed by atoms with E-state index in [0.717, 1.165) is 6.42 Å². The lowest BCUT2D eigenvalue weighted by Gasteiger charge is -2.17. The molecular weight excluding hydrogens is 244 g/mol. The second kappa shape index (κ2) is 4.64. The van der Waals surface area contributed by atoms with Crippen LogP contribution >= 0.6 is 0 Å². The second-order valence-corrected chi connectivity index (χ2v) is 6.82. The Balaban J connectivity index is 1.80. The van der Waals surface area contributed by atoms with Crippen LogP contribution in [0, 0.1) is 0 Å². The number of hydrogen-bond acceptors (Lipinski definition) is 4. The third-order valence-electron chi connectivity index (χ3n) is 3.10. The van der Waals surface area contributed by atoms with Crippen LogP contribution in [0.2, 0.25) is 0 Å². The number of nitrogens with one attached hydrogen (secondary N) is 1. The van der Waals surface area contributed by atoms with Crippen molar-refractivity contribution in [3.05, 3.63) is 0 Å². The normalized spacial score (nSPS) is 27.4. The summed E-state index contributed by atoms with van der Waals surface area (Å²) in [6, 6.07) is -0.287. The molecule has 2 amide bonds. The van der Waals surface area contributed by atoms with Crippen molar-refractivity contribution in [1.29, 1.82) is 0 Å². The summed E-state index contributed by atoms with van der Waals surface area (Å²) in [7, 11) is -2.97. The summed E-state index contributed by atoms with van der Waals surface area (Å²) >= 11 is 0. The lowest BCUT2D eigenvalue weighted by atomic mass is 10.2. The van der Waals surface area contributed by atoms with Crippen molar-refractivity contribution in [2.24, 2.45) is 0 Å². The molecule has 2 aliphatic rings. The molecule has 17 heavy (non-hydrogen) atoms. The fourth-order valence-electron chi connectivity index (χ4n) is 2.23. The Hall–Kier alpha value is -1.11. The van der Waals surface area contributed by atoms with Gasteiger partial charge in [0.05, 0.1) is 18.1 Å². The minimum absolute atomic E-state index is 0.000747. The van der Waals surface area contributed by atoms with E-state index >= 15 is 0 Å². The topological polar surface area (TPSA) is 83.6 Å². The number of nitrogens with zero attached hydrogens (tertiary/aromatic N) is 1. The third kappa shape index (κ3) is 3.18. The molecule has 1 unspecified atom stereocenters. The number of amides is 2. The average Bonchev–Trinajstić information content (AvgIpc) is 2.74. The van der Waals surface area contributed by atoms with Crippen molar-refractivity contribution >= 4 is 21.7 Å². The minimum Gasteiger partial charge on any atom is -0.351 e. The lowest BCUT2D eigenvalue weighted by Crippen LogP contribution is -2.42. The van der Waals surface area contributed by atoms with E-state index in [1.165, 1.54) is 4.90 Å². The number of rotatable bonds is 3. The summed E-state index contributed by atoms with van der Waals surface area (Å²) in [5, 5.41) is 2.67. The summed E-state index contributed by atoms with van der Waals surface area (Å²) in [5.41, 5.74) is 0. The SMILES string of the molecule is O=C(CN1CCCC1=O)NC1CCS(=O)(=O)C1. The highest BCUT2D eigenvalue weighted by Gasteiger charge is 2.30. The van der Waals surface area contributed by atoms with Gasteiger partial charge in [-0.3, -0.25) is 9.59 Å². The Kier molecular flexibility index (Phi) is 3.37. The Morgan fingerprint density at radius 3 is 2.76 bits per heavy atom. The first-order valence-electron chi connectivity index (χ1n) is 5.74. The van der Waals surface area contributed by atoms with Gasteiger partial charge in [0.15, 0.2) is 9.84 Å². The maximum atomic E-state index is 11.6. The molecule has 2 fully saturated rings. The lowest BCUT2D eigenvalue weighted by molar-refractivity contribution is -0.133. The van der Waals surface area contributed by atoms with E-state index in [4.69, 9.17) is 0 Å². The van der Waals surface area contributed by atoms with E-state index in [-0.39, 0.29) is 35.9 Å². The summed E-state index contributed by atoms with van der Waals surface area (Å²) < 4.78 is 22.4. The molecule has 7 heteroatoms. The van der Waals surface area contributed by atoms with E-state index in [2.05, 4.69) is 5.32 Å². The van der Waals surface area contributed by atoms with Crippen LogP contribution in [0.4, 0.5) is 0 Å². The van der Waals surface area contributed by atoms with E-state index in [1.807, 2.05) is 0 Å². The molecule has 0 spiro atoms. The molecule has 1 N–H and O–H groups in total. The van der Waals surface area contributed by atoms with Crippen LogP contribution < -0.4 is 5.32 Å². The monoisotopic (exact) mass is 260 g/mol. The van der Waals surface area contributed by atoms with Crippen LogP contribution in [0.3, 0.4) is 0 Å². The van der Waals surface area contributed by atoms with E-state index < -0.39 is 9.84 Å². The molecule has 0 aromatic carbocycles. The first-order valence-corrected chi connectivity index (χ1v) is 7.56. The number of sulfone groups is 1. The van der Waals surface area contributed by atoms with Crippen LogP contribution in [-0.4, -0.2) is 55.8 Å². The molecule has 2 heterocycles. The molecule has 1 atom stereocenters. The number of carbonyl (C=O) groups is 2. The Morgan fingerprint density at radius 2 is 2.24 bits per heavy atom. The summed E-state index contributed by atoms with van der Waals surface area (Å²) in [6.45, 7) is 0.671. The van der Waals surface area contributed by atoms with Gasteiger partial charge >= 0.3 is 0 Å². The van der Waals surface area contributed by atoms with Crippen LogP contribution in [-0.2, 0) is 19.4 Å². The molecule has 0 aromatic rings. The van der Waals surface area contributed by atoms with Gasteiger partial charge in [-0.1, -0.05) is 0 Å². The zero-order valence-corrected chi connectivity index (χ0v) is 10.3. The van der Waals surface area contributed by atoms with Gasteiger partial charge in [0.2, 0.25) is 11.8 Å². The van der Waals surface area contributed by atoms with Crippen LogP contribution in [0.1, 0.15) is 19.3 Å². The molecule has 0 radical (unpaired) electrons. The van der Waals surface area contributed by atoms with Gasteiger partial charge in [0, 0.05) is 19.0 Å². The molecule has 0 aromatic heterocycles. The van der Waals surface area contributed by atoms with E-state index in [1.54, 1.807) is 0 Å². The Bertz CT molecular complexity index is 432. The van der Waals surface area contributed by atoms with Crippen molar-refractivity contribution in [3.8, 4) is 0 Å². The summed E-state index contributed by atoms with van der Waals surface area (Å²) in [5.74, 6) is -0.102. The quantitative estimate of drug-likeness (QED) is 0.699. The second-order valence-electron chi connectivity index (χ2n) is 4.59. The first-order chi connectivity index (χ1) is 7.96. The molecule has 0 aliphatic carbocycles. The van der Waals surface area contributed by atoms with Crippen LogP contribution in [0.5, 0.6) is 0 Å². The van der Waals surface area contributed by atoms with Crippen molar-refractivity contribution < 1.29 is 18.0 Å². The van der Waals surface area contributed by atoms with Crippen molar-refractivity contribution in [3.63, 3.8) is 0 Å². The van der Waals surface area contributed by atoms with Gasteiger partial charge < -0.3 is 10.2 Å². The maximum Gasteiger partial charge on any atom is 0.239 e. The molecule has 2 saturated heterocycles. The highest BCUT2D eigenvalue weighted by atomic mass is 32.2. The van der Waals surface area contributed by atoms with Crippen LogP contribution in [0.15, 0.2) is 0 Å². The van der Waals surface area contributed by atoms with Gasteiger partial charge in [0.1, 0.15) is 0 Å². The van der Waals surface area contributed by atoms with Gasteiger partial charge in [0.25, 0.3) is 0 Å². The van der Waals surface area contributed by atoms with Crippen molar-refractivity contribution in [1.82, 2.24) is 10.2 Å². The van der Waals surface area contributed by atoms with Gasteiger partial charge in [-0.2, -0.15) is 0 Å². The number of carbonyl (C=O) groups excluding carboxylic acids is 2. The highest BCUT2D eigenvalue weighted by Crippen LogP contribution is 2.12. The molecule has 0 saturated carbocycles. The standard InChI is InChI=1S/C10H16N2O4S/c13-9(6-12-4-1-2-10(12)14)11-8-3-5-17(15,16)7-8/h8H,1-7H2,(H,11,13). The first kappa shape index (κ1) is 12.3. The Morgan fingerprint density at radius 1 is 1.47 bits per heavy atom. The van der Waals surface area contributed by atoms with Crippen molar-refractivity contribution in [2.75, 3.05) is 24.6 Å². The maximum absolute atomic E-state index is 11.6. The zero-order chi connectivity index (χ0) is 12.5. The predicted octanol–water partition coefficient (Wildman–Crippen LogP) is -1.09. The Labute approximate surface area is 100 Å². The molecule has 96 valence electrons. The zero-order valence-electron chi connectivity index (χ0n) is 9.52. The van der Waals surface area contributed by atoms with E-state index in [9.17, 15) is 18.0 Å². The predicted molar refractivity (Wildman–Crippen MR) is 61.0 cm³/mol. The summed E-state index contributed by atoms with van der Waals surface area (Å²) in [6.07, 6.45) is 1.77. The molecule has 0 bridgehead atoms. The number of likely N-dealkylation sites (tertiary alicyclic amines) is 1. The smallest absolute Gasteiger partial charge is 0.239 e. The van der Waals surface area contributed by atoms with Gasteiger partial charge in [-0.05, 0) is 12.8 Å².